The highest BCUT2D eigenvalue weighted by Crippen LogP contribution is 2.12. The molecule has 7 heteroatoms. The molecule has 6 nitrogen and oxygen atoms in total. The van der Waals surface area contributed by atoms with Gasteiger partial charge in [0, 0.05) is 31.3 Å². The topological polar surface area (TPSA) is 75.7 Å². The number of nitrogens with zero attached hydrogens (tertiary/aromatic N) is 1. The van der Waals surface area contributed by atoms with E-state index in [-0.39, 0.29) is 19.3 Å². The van der Waals surface area contributed by atoms with Crippen LogP contribution in [-0.2, 0) is 19.2 Å². The van der Waals surface area contributed by atoms with E-state index in [1.807, 2.05) is 0 Å². The standard InChI is InChI=1S/C9H13BrN2O4/c10-4-6-11-5-3-9(15)16-12-7(13)1-2-8(12)14/h11H,1-6H2. The van der Waals surface area contributed by atoms with Crippen LogP contribution in [0.2, 0.25) is 0 Å². The molecular weight excluding hydrogens is 280 g/mol. The first-order valence-corrected chi connectivity index (χ1v) is 6.10. The van der Waals surface area contributed by atoms with E-state index in [9.17, 15) is 14.4 Å². The third-order valence-electron chi connectivity index (χ3n) is 1.98. The molecular formula is C9H13BrN2O4. The summed E-state index contributed by atoms with van der Waals surface area (Å²) in [5.74, 6) is -1.48. The summed E-state index contributed by atoms with van der Waals surface area (Å²) in [5.41, 5.74) is 0. The average Bonchev–Trinajstić information content (AvgIpc) is 2.56. The van der Waals surface area contributed by atoms with Gasteiger partial charge in [-0.25, -0.2) is 4.79 Å². The van der Waals surface area contributed by atoms with Gasteiger partial charge in [-0.3, -0.25) is 9.59 Å². The molecule has 0 saturated carbocycles. The minimum Gasteiger partial charge on any atom is -0.330 e. The number of amides is 2. The summed E-state index contributed by atoms with van der Waals surface area (Å²) in [4.78, 5) is 38.1. The monoisotopic (exact) mass is 292 g/mol. The highest BCUT2D eigenvalue weighted by molar-refractivity contribution is 9.09. The van der Waals surface area contributed by atoms with Crippen molar-refractivity contribution in [2.24, 2.45) is 0 Å². The van der Waals surface area contributed by atoms with E-state index in [2.05, 4.69) is 26.1 Å². The zero-order valence-electron chi connectivity index (χ0n) is 8.70. The number of rotatable bonds is 6. The van der Waals surface area contributed by atoms with E-state index < -0.39 is 17.8 Å². The number of hydrogen-bond donors (Lipinski definition) is 1. The van der Waals surface area contributed by atoms with Gasteiger partial charge in [0.15, 0.2) is 0 Å². The second kappa shape index (κ2) is 6.59. The molecule has 16 heavy (non-hydrogen) atoms. The lowest BCUT2D eigenvalue weighted by Crippen LogP contribution is -2.33. The maximum atomic E-state index is 11.2. The fourth-order valence-corrected chi connectivity index (χ4v) is 1.47. The van der Waals surface area contributed by atoms with Crippen molar-refractivity contribution in [3.05, 3.63) is 0 Å². The summed E-state index contributed by atoms with van der Waals surface area (Å²) >= 11 is 3.23. The smallest absolute Gasteiger partial charge is 0.330 e. The van der Waals surface area contributed by atoms with Gasteiger partial charge in [-0.1, -0.05) is 15.9 Å². The molecule has 1 N–H and O–H groups in total. The number of halogens is 1. The Morgan fingerprint density at radius 3 is 2.50 bits per heavy atom. The number of hydrogen-bond acceptors (Lipinski definition) is 5. The molecule has 0 aromatic carbocycles. The number of alkyl halides is 1. The Labute approximate surface area is 101 Å². The minimum absolute atomic E-state index is 0.119. The molecule has 1 aliphatic heterocycles. The van der Waals surface area contributed by atoms with Gasteiger partial charge in [0.25, 0.3) is 11.8 Å². The first-order valence-electron chi connectivity index (χ1n) is 4.98. The zero-order valence-corrected chi connectivity index (χ0v) is 10.3. The van der Waals surface area contributed by atoms with Gasteiger partial charge in [-0.2, -0.15) is 0 Å². The van der Waals surface area contributed by atoms with Crippen molar-refractivity contribution in [1.82, 2.24) is 10.4 Å². The van der Waals surface area contributed by atoms with Crippen LogP contribution in [0.4, 0.5) is 0 Å². The Morgan fingerprint density at radius 1 is 1.31 bits per heavy atom. The van der Waals surface area contributed by atoms with Crippen molar-refractivity contribution < 1.29 is 19.2 Å². The second-order valence-corrected chi connectivity index (χ2v) is 4.03. The van der Waals surface area contributed by atoms with Gasteiger partial charge < -0.3 is 10.2 Å². The van der Waals surface area contributed by atoms with Gasteiger partial charge in [-0.05, 0) is 0 Å². The van der Waals surface area contributed by atoms with E-state index in [0.717, 1.165) is 11.9 Å². The lowest BCUT2D eigenvalue weighted by atomic mass is 10.4. The first kappa shape index (κ1) is 13.1. The van der Waals surface area contributed by atoms with Crippen molar-refractivity contribution in [3.8, 4) is 0 Å². The Kier molecular flexibility index (Phi) is 5.41. The van der Waals surface area contributed by atoms with Crippen molar-refractivity contribution in [2.75, 3.05) is 18.4 Å². The fraction of sp³-hybridized carbons (Fsp3) is 0.667. The number of carbonyl (C=O) groups excluding carboxylic acids is 3. The van der Waals surface area contributed by atoms with Crippen LogP contribution in [0.25, 0.3) is 0 Å². The maximum absolute atomic E-state index is 11.2. The Hall–Kier alpha value is -0.950. The van der Waals surface area contributed by atoms with Crippen LogP contribution < -0.4 is 5.32 Å². The van der Waals surface area contributed by atoms with Crippen LogP contribution in [0.15, 0.2) is 0 Å². The van der Waals surface area contributed by atoms with E-state index in [0.29, 0.717) is 11.6 Å². The van der Waals surface area contributed by atoms with E-state index in [4.69, 9.17) is 0 Å². The van der Waals surface area contributed by atoms with Crippen molar-refractivity contribution in [1.29, 1.82) is 0 Å². The van der Waals surface area contributed by atoms with Crippen LogP contribution in [0.1, 0.15) is 19.3 Å². The Morgan fingerprint density at radius 2 is 1.94 bits per heavy atom. The largest absolute Gasteiger partial charge is 0.334 e. The van der Waals surface area contributed by atoms with Crippen molar-refractivity contribution >= 4 is 33.7 Å². The number of nitrogens with one attached hydrogen (secondary N) is 1. The molecule has 0 spiro atoms. The van der Waals surface area contributed by atoms with Gasteiger partial charge in [0.2, 0.25) is 0 Å². The van der Waals surface area contributed by atoms with E-state index in [1.54, 1.807) is 0 Å². The lowest BCUT2D eigenvalue weighted by Gasteiger charge is -2.12. The minimum atomic E-state index is -0.578. The highest BCUT2D eigenvalue weighted by atomic mass is 79.9. The van der Waals surface area contributed by atoms with E-state index >= 15 is 0 Å². The molecule has 0 unspecified atom stereocenters. The quantitative estimate of drug-likeness (QED) is 0.423. The summed E-state index contributed by atoms with van der Waals surface area (Å²) in [7, 11) is 0. The lowest BCUT2D eigenvalue weighted by molar-refractivity contribution is -0.197. The van der Waals surface area contributed by atoms with Crippen LogP contribution in [0, 0.1) is 0 Å². The fourth-order valence-electron chi connectivity index (χ4n) is 1.19. The normalized spacial score (nSPS) is 15.7. The SMILES string of the molecule is O=C(CCNCCBr)ON1C(=O)CCC1=O. The highest BCUT2D eigenvalue weighted by Gasteiger charge is 2.32. The molecule has 0 atom stereocenters. The van der Waals surface area contributed by atoms with Crippen molar-refractivity contribution in [3.63, 3.8) is 0 Å². The second-order valence-electron chi connectivity index (χ2n) is 3.23. The maximum Gasteiger partial charge on any atom is 0.334 e. The predicted octanol–water partition coefficient (Wildman–Crippen LogP) is -0.0318. The third-order valence-corrected chi connectivity index (χ3v) is 2.37. The van der Waals surface area contributed by atoms with Gasteiger partial charge in [-0.15, -0.1) is 5.06 Å². The molecule has 1 saturated heterocycles. The van der Waals surface area contributed by atoms with Crippen molar-refractivity contribution in [2.45, 2.75) is 19.3 Å². The molecule has 1 fully saturated rings. The van der Waals surface area contributed by atoms with Crippen LogP contribution in [0.5, 0.6) is 0 Å². The third kappa shape index (κ3) is 3.90. The molecule has 1 aliphatic rings. The molecule has 0 bridgehead atoms. The Balaban J connectivity index is 2.23. The number of carbonyl (C=O) groups is 3. The summed E-state index contributed by atoms with van der Waals surface area (Å²) in [6.45, 7) is 1.20. The zero-order chi connectivity index (χ0) is 12.0. The van der Waals surface area contributed by atoms with E-state index in [1.165, 1.54) is 0 Å². The molecule has 0 aromatic heterocycles. The van der Waals surface area contributed by atoms with Crippen LogP contribution >= 0.6 is 15.9 Å². The van der Waals surface area contributed by atoms with Gasteiger partial charge >= 0.3 is 5.97 Å². The Bertz CT molecular complexity index is 279. The molecule has 0 radical (unpaired) electrons. The molecule has 1 rings (SSSR count). The molecule has 0 aromatic rings. The van der Waals surface area contributed by atoms with Crippen LogP contribution in [-0.4, -0.2) is 41.3 Å². The summed E-state index contributed by atoms with van der Waals surface area (Å²) in [6, 6.07) is 0. The van der Waals surface area contributed by atoms with Crippen LogP contribution in [0.3, 0.4) is 0 Å². The van der Waals surface area contributed by atoms with Gasteiger partial charge in [0.1, 0.15) is 0 Å². The summed E-state index contributed by atoms with van der Waals surface area (Å²) in [6.07, 6.45) is 0.367. The molecule has 2 amide bonds. The molecule has 0 aliphatic carbocycles. The summed E-state index contributed by atoms with van der Waals surface area (Å²) in [5, 5.41) is 4.34. The number of hydroxylamine groups is 2. The van der Waals surface area contributed by atoms with Gasteiger partial charge in [0.05, 0.1) is 6.42 Å². The molecule has 1 heterocycles. The summed E-state index contributed by atoms with van der Waals surface area (Å²) < 4.78 is 0. The number of imide groups is 1. The average molecular weight is 293 g/mol. The predicted molar refractivity (Wildman–Crippen MR) is 58.5 cm³/mol. The first-order chi connectivity index (χ1) is 7.65. The molecule has 90 valence electrons.